The maximum absolute atomic E-state index is 6.14. The Morgan fingerprint density at radius 1 is 1.17 bits per heavy atom. The summed E-state index contributed by atoms with van der Waals surface area (Å²) in [5.74, 6) is 0.718. The molecule has 1 saturated heterocycles. The van der Waals surface area contributed by atoms with E-state index in [0.29, 0.717) is 0 Å². The van der Waals surface area contributed by atoms with Crippen LogP contribution in [0, 0.1) is 5.92 Å². The molecule has 18 heavy (non-hydrogen) atoms. The molecule has 2 rings (SSSR count). The van der Waals surface area contributed by atoms with Crippen LogP contribution in [-0.2, 0) is 4.74 Å². The fraction of sp³-hybridized carbons (Fsp3) is 1.00. The number of hydrogen-bond donors (Lipinski definition) is 1. The van der Waals surface area contributed by atoms with Gasteiger partial charge in [-0.15, -0.1) is 0 Å². The van der Waals surface area contributed by atoms with Gasteiger partial charge in [0.2, 0.25) is 0 Å². The SMILES string of the molecule is CN(CC1CCCOC1)C1(CN)CCCCCC1. The highest BCUT2D eigenvalue weighted by Gasteiger charge is 2.34. The van der Waals surface area contributed by atoms with Crippen molar-refractivity contribution in [3.8, 4) is 0 Å². The number of nitrogens with zero attached hydrogens (tertiary/aromatic N) is 1. The van der Waals surface area contributed by atoms with Gasteiger partial charge in [0.25, 0.3) is 0 Å². The topological polar surface area (TPSA) is 38.5 Å². The number of likely N-dealkylation sites (N-methyl/N-ethyl adjacent to an activating group) is 1. The highest BCUT2D eigenvalue weighted by Crippen LogP contribution is 2.32. The van der Waals surface area contributed by atoms with Crippen molar-refractivity contribution in [1.29, 1.82) is 0 Å². The minimum atomic E-state index is 0.272. The highest BCUT2D eigenvalue weighted by atomic mass is 16.5. The Kier molecular flexibility index (Phi) is 5.46. The second kappa shape index (κ2) is 6.88. The van der Waals surface area contributed by atoms with Gasteiger partial charge >= 0.3 is 0 Å². The summed E-state index contributed by atoms with van der Waals surface area (Å²) < 4.78 is 5.60. The monoisotopic (exact) mass is 254 g/mol. The van der Waals surface area contributed by atoms with Gasteiger partial charge in [-0.2, -0.15) is 0 Å². The molecule has 2 N–H and O–H groups in total. The lowest BCUT2D eigenvalue weighted by molar-refractivity contribution is 0.0164. The Balaban J connectivity index is 1.92. The second-order valence-corrected chi connectivity index (χ2v) is 6.31. The lowest BCUT2D eigenvalue weighted by Gasteiger charge is -2.43. The van der Waals surface area contributed by atoms with Crippen molar-refractivity contribution >= 4 is 0 Å². The van der Waals surface area contributed by atoms with Crippen molar-refractivity contribution in [3.05, 3.63) is 0 Å². The Morgan fingerprint density at radius 3 is 2.44 bits per heavy atom. The van der Waals surface area contributed by atoms with E-state index in [1.807, 2.05) is 0 Å². The number of ether oxygens (including phenoxy) is 1. The van der Waals surface area contributed by atoms with Crippen molar-refractivity contribution in [2.45, 2.75) is 56.9 Å². The van der Waals surface area contributed by atoms with Gasteiger partial charge in [-0.05, 0) is 38.6 Å². The first-order chi connectivity index (χ1) is 8.77. The van der Waals surface area contributed by atoms with Crippen molar-refractivity contribution in [3.63, 3.8) is 0 Å². The zero-order valence-corrected chi connectivity index (χ0v) is 12.0. The summed E-state index contributed by atoms with van der Waals surface area (Å²) in [5.41, 5.74) is 6.41. The first kappa shape index (κ1) is 14.3. The minimum Gasteiger partial charge on any atom is -0.381 e. The molecular formula is C15H30N2O. The Morgan fingerprint density at radius 2 is 1.89 bits per heavy atom. The van der Waals surface area contributed by atoms with Gasteiger partial charge in [0, 0.05) is 25.2 Å². The predicted octanol–water partition coefficient (Wildman–Crippen LogP) is 2.40. The molecule has 2 fully saturated rings. The smallest absolute Gasteiger partial charge is 0.0506 e. The summed E-state index contributed by atoms with van der Waals surface area (Å²) in [4.78, 5) is 2.57. The first-order valence-electron chi connectivity index (χ1n) is 7.76. The van der Waals surface area contributed by atoms with Gasteiger partial charge in [0.05, 0.1) is 6.61 Å². The van der Waals surface area contributed by atoms with Gasteiger partial charge < -0.3 is 10.5 Å². The number of hydrogen-bond acceptors (Lipinski definition) is 3. The summed E-state index contributed by atoms with van der Waals surface area (Å²) in [6, 6.07) is 0. The lowest BCUT2D eigenvalue weighted by atomic mass is 9.87. The second-order valence-electron chi connectivity index (χ2n) is 6.31. The summed E-state index contributed by atoms with van der Waals surface area (Å²) in [6.07, 6.45) is 10.6. The quantitative estimate of drug-likeness (QED) is 0.783. The van der Waals surface area contributed by atoms with Crippen molar-refractivity contribution in [1.82, 2.24) is 4.90 Å². The third-order valence-corrected chi connectivity index (χ3v) is 5.01. The van der Waals surface area contributed by atoms with Crippen molar-refractivity contribution in [2.75, 3.05) is 33.4 Å². The van der Waals surface area contributed by atoms with Crippen LogP contribution in [-0.4, -0.2) is 43.8 Å². The molecule has 0 aromatic carbocycles. The first-order valence-corrected chi connectivity index (χ1v) is 7.76. The van der Waals surface area contributed by atoms with Gasteiger partial charge in [-0.1, -0.05) is 25.7 Å². The fourth-order valence-electron chi connectivity index (χ4n) is 3.66. The van der Waals surface area contributed by atoms with E-state index in [-0.39, 0.29) is 5.54 Å². The Labute approximate surface area is 112 Å². The Hall–Kier alpha value is -0.120. The molecule has 0 radical (unpaired) electrons. The molecule has 0 spiro atoms. The van der Waals surface area contributed by atoms with Crippen LogP contribution >= 0.6 is 0 Å². The van der Waals surface area contributed by atoms with Gasteiger partial charge in [-0.3, -0.25) is 4.90 Å². The fourth-order valence-corrected chi connectivity index (χ4v) is 3.66. The highest BCUT2D eigenvalue weighted by molar-refractivity contribution is 4.92. The lowest BCUT2D eigenvalue weighted by Crippen LogP contribution is -2.53. The van der Waals surface area contributed by atoms with Crippen LogP contribution < -0.4 is 5.73 Å². The van der Waals surface area contributed by atoms with E-state index in [0.717, 1.165) is 32.2 Å². The van der Waals surface area contributed by atoms with E-state index >= 15 is 0 Å². The average Bonchev–Trinajstić information content (AvgIpc) is 2.66. The molecule has 0 aromatic heterocycles. The maximum Gasteiger partial charge on any atom is 0.0506 e. The van der Waals surface area contributed by atoms with E-state index in [1.54, 1.807) is 0 Å². The zero-order valence-electron chi connectivity index (χ0n) is 12.0. The molecule has 0 bridgehead atoms. The molecule has 1 aliphatic carbocycles. The molecule has 3 nitrogen and oxygen atoms in total. The van der Waals surface area contributed by atoms with Crippen LogP contribution in [0.2, 0.25) is 0 Å². The van der Waals surface area contributed by atoms with Crippen LogP contribution in [0.4, 0.5) is 0 Å². The van der Waals surface area contributed by atoms with Gasteiger partial charge in [0.1, 0.15) is 0 Å². The molecule has 1 saturated carbocycles. The largest absolute Gasteiger partial charge is 0.381 e. The summed E-state index contributed by atoms with van der Waals surface area (Å²) >= 11 is 0. The molecule has 0 amide bonds. The molecule has 0 aromatic rings. The van der Waals surface area contributed by atoms with E-state index in [2.05, 4.69) is 11.9 Å². The molecule has 2 aliphatic rings. The molecule has 3 heteroatoms. The third kappa shape index (κ3) is 3.46. The van der Waals surface area contributed by atoms with Gasteiger partial charge in [0.15, 0.2) is 0 Å². The van der Waals surface area contributed by atoms with Crippen LogP contribution in [0.25, 0.3) is 0 Å². The number of nitrogens with two attached hydrogens (primary N) is 1. The third-order valence-electron chi connectivity index (χ3n) is 5.01. The molecule has 1 atom stereocenters. The molecule has 1 unspecified atom stereocenters. The van der Waals surface area contributed by atoms with Crippen LogP contribution in [0.5, 0.6) is 0 Å². The van der Waals surface area contributed by atoms with Crippen molar-refractivity contribution in [2.24, 2.45) is 11.7 Å². The van der Waals surface area contributed by atoms with Crippen LogP contribution in [0.15, 0.2) is 0 Å². The van der Waals surface area contributed by atoms with E-state index in [4.69, 9.17) is 10.5 Å². The predicted molar refractivity (Wildman–Crippen MR) is 75.7 cm³/mol. The van der Waals surface area contributed by atoms with Crippen molar-refractivity contribution < 1.29 is 4.74 Å². The summed E-state index contributed by atoms with van der Waals surface area (Å²) in [7, 11) is 2.28. The Bertz CT molecular complexity index is 231. The summed E-state index contributed by atoms with van der Waals surface area (Å²) in [6.45, 7) is 3.89. The van der Waals surface area contributed by atoms with Crippen LogP contribution in [0.3, 0.4) is 0 Å². The van der Waals surface area contributed by atoms with E-state index in [1.165, 1.54) is 51.4 Å². The minimum absolute atomic E-state index is 0.272. The molecule has 106 valence electrons. The molecular weight excluding hydrogens is 224 g/mol. The molecule has 1 aliphatic heterocycles. The van der Waals surface area contributed by atoms with Crippen LogP contribution in [0.1, 0.15) is 51.4 Å². The van der Waals surface area contributed by atoms with Gasteiger partial charge in [-0.25, -0.2) is 0 Å². The van der Waals surface area contributed by atoms with E-state index < -0.39 is 0 Å². The maximum atomic E-state index is 6.14. The summed E-state index contributed by atoms with van der Waals surface area (Å²) in [5, 5.41) is 0. The number of rotatable bonds is 4. The molecule has 1 heterocycles. The standard InChI is InChI=1S/C15H30N2O/c1-17(11-14-7-6-10-18-12-14)15(13-16)8-4-2-3-5-9-15/h14H,2-13,16H2,1H3. The zero-order chi connectivity index (χ0) is 12.8. The normalized spacial score (nSPS) is 29.2. The van der Waals surface area contributed by atoms with E-state index in [9.17, 15) is 0 Å². The average molecular weight is 254 g/mol.